The molecular formula is C12H10N2O6. The number of hydrogen-bond acceptors (Lipinski definition) is 6. The average Bonchev–Trinajstić information content (AvgIpc) is 2.83. The molecule has 1 aromatic heterocycles. The summed E-state index contributed by atoms with van der Waals surface area (Å²) in [6.07, 6.45) is 0. The summed E-state index contributed by atoms with van der Waals surface area (Å²) < 4.78 is 9.97. The number of aromatic nitrogens is 1. The van der Waals surface area contributed by atoms with Crippen molar-refractivity contribution in [3.05, 3.63) is 45.8 Å². The van der Waals surface area contributed by atoms with E-state index in [1.54, 1.807) is 6.07 Å². The fourth-order valence-electron chi connectivity index (χ4n) is 1.63. The predicted octanol–water partition coefficient (Wildman–Crippen LogP) is 2.09. The van der Waals surface area contributed by atoms with Gasteiger partial charge < -0.3 is 14.3 Å². The zero-order chi connectivity index (χ0) is 14.7. The van der Waals surface area contributed by atoms with E-state index in [0.29, 0.717) is 5.56 Å². The summed E-state index contributed by atoms with van der Waals surface area (Å²) in [6.45, 7) is -0.0277. The molecule has 0 atom stereocenters. The zero-order valence-electron chi connectivity index (χ0n) is 10.4. The van der Waals surface area contributed by atoms with Crippen LogP contribution in [0.4, 0.5) is 5.69 Å². The normalized spacial score (nSPS) is 10.4. The van der Waals surface area contributed by atoms with Gasteiger partial charge in [0.15, 0.2) is 0 Å². The standard InChI is InChI=1S/C12H10N2O6/c1-19-6-9-10(12(15)16)20-11(13-9)7-3-2-4-8(5-7)14(17)18/h2-5H,6H2,1H3,(H,15,16). The second-order valence-electron chi connectivity index (χ2n) is 3.84. The number of ether oxygens (including phenoxy) is 1. The molecule has 0 saturated carbocycles. The Morgan fingerprint density at radius 1 is 1.55 bits per heavy atom. The predicted molar refractivity (Wildman–Crippen MR) is 66.3 cm³/mol. The maximum Gasteiger partial charge on any atom is 0.373 e. The molecule has 0 amide bonds. The van der Waals surface area contributed by atoms with Gasteiger partial charge in [-0.15, -0.1) is 0 Å². The Kier molecular flexibility index (Phi) is 3.76. The van der Waals surface area contributed by atoms with Gasteiger partial charge in [0, 0.05) is 24.8 Å². The number of benzene rings is 1. The van der Waals surface area contributed by atoms with Gasteiger partial charge in [0.05, 0.1) is 11.5 Å². The van der Waals surface area contributed by atoms with Crippen LogP contribution in [0, 0.1) is 10.1 Å². The highest BCUT2D eigenvalue weighted by atomic mass is 16.6. The highest BCUT2D eigenvalue weighted by molar-refractivity contribution is 5.86. The molecule has 0 unspecified atom stereocenters. The fraction of sp³-hybridized carbons (Fsp3) is 0.167. The molecule has 8 heteroatoms. The summed E-state index contributed by atoms with van der Waals surface area (Å²) in [7, 11) is 1.40. The minimum Gasteiger partial charge on any atom is -0.475 e. The third kappa shape index (κ3) is 2.64. The topological polar surface area (TPSA) is 116 Å². The van der Waals surface area contributed by atoms with Crippen LogP contribution in [0.15, 0.2) is 28.7 Å². The Hall–Kier alpha value is -2.74. The molecule has 1 aromatic carbocycles. The number of rotatable bonds is 5. The Morgan fingerprint density at radius 2 is 2.30 bits per heavy atom. The van der Waals surface area contributed by atoms with Crippen LogP contribution in [0.5, 0.6) is 0 Å². The van der Waals surface area contributed by atoms with Gasteiger partial charge in [-0.25, -0.2) is 9.78 Å². The van der Waals surface area contributed by atoms with E-state index >= 15 is 0 Å². The van der Waals surface area contributed by atoms with Crippen LogP contribution in [0.25, 0.3) is 11.5 Å². The summed E-state index contributed by atoms with van der Waals surface area (Å²) in [4.78, 5) is 25.2. The Morgan fingerprint density at radius 3 is 2.90 bits per heavy atom. The summed E-state index contributed by atoms with van der Waals surface area (Å²) in [6, 6.07) is 5.59. The molecule has 8 nitrogen and oxygen atoms in total. The van der Waals surface area contributed by atoms with Gasteiger partial charge in [-0.1, -0.05) is 6.07 Å². The van der Waals surface area contributed by atoms with E-state index < -0.39 is 10.9 Å². The number of nitro benzene ring substituents is 1. The molecular weight excluding hydrogens is 268 g/mol. The number of carboxylic acid groups (broad SMARTS) is 1. The lowest BCUT2D eigenvalue weighted by atomic mass is 10.2. The number of carbonyl (C=O) groups is 1. The van der Waals surface area contributed by atoms with Crippen molar-refractivity contribution in [3.8, 4) is 11.5 Å². The van der Waals surface area contributed by atoms with E-state index in [1.165, 1.54) is 25.3 Å². The van der Waals surface area contributed by atoms with Crippen LogP contribution in [0.3, 0.4) is 0 Å². The van der Waals surface area contributed by atoms with Gasteiger partial charge in [-0.3, -0.25) is 10.1 Å². The van der Waals surface area contributed by atoms with Crippen molar-refractivity contribution in [2.45, 2.75) is 6.61 Å². The van der Waals surface area contributed by atoms with Crippen molar-refractivity contribution in [1.29, 1.82) is 0 Å². The molecule has 0 saturated heterocycles. The van der Waals surface area contributed by atoms with Crippen LogP contribution in [0.1, 0.15) is 16.2 Å². The van der Waals surface area contributed by atoms with Crippen molar-refractivity contribution < 1.29 is 24.0 Å². The third-order valence-electron chi connectivity index (χ3n) is 2.48. The summed E-state index contributed by atoms with van der Waals surface area (Å²) in [5.41, 5.74) is 0.316. The van der Waals surface area contributed by atoms with Crippen molar-refractivity contribution in [2.24, 2.45) is 0 Å². The van der Waals surface area contributed by atoms with Crippen molar-refractivity contribution in [2.75, 3.05) is 7.11 Å². The molecule has 1 heterocycles. The first kappa shape index (κ1) is 13.7. The van der Waals surface area contributed by atoms with Gasteiger partial charge in [0.1, 0.15) is 5.69 Å². The number of oxazole rings is 1. The molecule has 0 aliphatic rings. The molecule has 0 aliphatic carbocycles. The highest BCUT2D eigenvalue weighted by Crippen LogP contribution is 2.25. The van der Waals surface area contributed by atoms with E-state index in [9.17, 15) is 14.9 Å². The number of hydrogen-bond donors (Lipinski definition) is 1. The van der Waals surface area contributed by atoms with Crippen LogP contribution in [-0.2, 0) is 11.3 Å². The third-order valence-corrected chi connectivity index (χ3v) is 2.48. The monoisotopic (exact) mass is 278 g/mol. The quantitative estimate of drug-likeness (QED) is 0.657. The van der Waals surface area contributed by atoms with E-state index in [4.69, 9.17) is 14.3 Å². The Bertz CT molecular complexity index is 664. The molecule has 1 N–H and O–H groups in total. The summed E-state index contributed by atoms with van der Waals surface area (Å²) in [5.74, 6) is -1.62. The zero-order valence-corrected chi connectivity index (χ0v) is 10.4. The van der Waals surface area contributed by atoms with Gasteiger partial charge in [0.2, 0.25) is 11.7 Å². The smallest absolute Gasteiger partial charge is 0.373 e. The van der Waals surface area contributed by atoms with Crippen LogP contribution >= 0.6 is 0 Å². The molecule has 2 aromatic rings. The number of aromatic carboxylic acids is 1. The number of non-ortho nitro benzene ring substituents is 1. The van der Waals surface area contributed by atoms with Gasteiger partial charge in [0.25, 0.3) is 5.69 Å². The van der Waals surface area contributed by atoms with Crippen LogP contribution in [-0.4, -0.2) is 28.1 Å². The second kappa shape index (κ2) is 5.49. The number of nitro groups is 1. The first-order valence-corrected chi connectivity index (χ1v) is 5.49. The van der Waals surface area contributed by atoms with Gasteiger partial charge in [-0.2, -0.15) is 0 Å². The maximum absolute atomic E-state index is 11.0. The second-order valence-corrected chi connectivity index (χ2v) is 3.84. The van der Waals surface area contributed by atoms with E-state index in [-0.39, 0.29) is 29.6 Å². The summed E-state index contributed by atoms with van der Waals surface area (Å²) in [5, 5.41) is 19.7. The van der Waals surface area contributed by atoms with Gasteiger partial charge in [-0.05, 0) is 6.07 Å². The largest absolute Gasteiger partial charge is 0.475 e. The van der Waals surface area contributed by atoms with Crippen LogP contribution < -0.4 is 0 Å². The molecule has 0 spiro atoms. The number of nitrogens with zero attached hydrogens (tertiary/aromatic N) is 2. The molecule has 20 heavy (non-hydrogen) atoms. The van der Waals surface area contributed by atoms with Crippen molar-refractivity contribution in [1.82, 2.24) is 4.98 Å². The lowest BCUT2D eigenvalue weighted by Gasteiger charge is -1.95. The van der Waals surface area contributed by atoms with E-state index in [2.05, 4.69) is 4.98 Å². The molecule has 2 rings (SSSR count). The SMILES string of the molecule is COCc1nc(-c2cccc([N+](=O)[O-])c2)oc1C(=O)O. The Labute approximate surface area is 112 Å². The van der Waals surface area contributed by atoms with Crippen LogP contribution in [0.2, 0.25) is 0 Å². The average molecular weight is 278 g/mol. The van der Waals surface area contributed by atoms with Crippen molar-refractivity contribution >= 4 is 11.7 Å². The fourth-order valence-corrected chi connectivity index (χ4v) is 1.63. The minimum absolute atomic E-state index is 0.00171. The first-order chi connectivity index (χ1) is 9.52. The lowest BCUT2D eigenvalue weighted by Crippen LogP contribution is -2.00. The minimum atomic E-state index is -1.28. The molecule has 0 bridgehead atoms. The maximum atomic E-state index is 11.0. The van der Waals surface area contributed by atoms with Crippen molar-refractivity contribution in [3.63, 3.8) is 0 Å². The first-order valence-electron chi connectivity index (χ1n) is 5.49. The lowest BCUT2D eigenvalue weighted by molar-refractivity contribution is -0.384. The number of carboxylic acids is 1. The van der Waals surface area contributed by atoms with Gasteiger partial charge >= 0.3 is 5.97 Å². The number of methoxy groups -OCH3 is 1. The molecule has 0 aliphatic heterocycles. The highest BCUT2D eigenvalue weighted by Gasteiger charge is 2.21. The molecule has 0 fully saturated rings. The Balaban J connectivity index is 2.47. The summed E-state index contributed by atoms with van der Waals surface area (Å²) >= 11 is 0. The van der Waals surface area contributed by atoms with E-state index in [0.717, 1.165) is 0 Å². The molecule has 104 valence electrons. The van der Waals surface area contributed by atoms with E-state index in [1.807, 2.05) is 0 Å². The molecule has 0 radical (unpaired) electrons.